The number of rotatable bonds is 11. The Bertz CT molecular complexity index is 1610. The lowest BCUT2D eigenvalue weighted by Gasteiger charge is -2.59. The van der Waals surface area contributed by atoms with Crippen molar-refractivity contribution in [3.8, 4) is 17.2 Å². The molecule has 3 aliphatic rings. The third-order valence-corrected chi connectivity index (χ3v) is 8.25. The standard InChI is InChI=1S/C32H36N4O5/c1-21-12-26(15-29(37)36-21)40-20-31-9-11-41-32(17-31,18-31)19-35-24-5-7-27-22(13-24)8-10-33-30(27)34-16-23-4-6-25(38-2)14-28(23)39-3/h4-8,10,12-15,35H,9,11,16-20H2,1-3H3,(H,33,34)(H,36,37). The predicted molar refractivity (Wildman–Crippen MR) is 159 cm³/mol. The summed E-state index contributed by atoms with van der Waals surface area (Å²) in [5, 5.41) is 9.22. The first kappa shape index (κ1) is 27.0. The van der Waals surface area contributed by atoms with Gasteiger partial charge in [0.25, 0.3) is 5.56 Å². The fourth-order valence-corrected chi connectivity index (χ4v) is 6.27. The topological polar surface area (TPSA) is 107 Å². The Labute approximate surface area is 239 Å². The molecule has 7 rings (SSSR count). The number of H-pyrrole nitrogens is 1. The van der Waals surface area contributed by atoms with Crippen LogP contribution in [0.4, 0.5) is 11.5 Å². The van der Waals surface area contributed by atoms with Gasteiger partial charge in [0.1, 0.15) is 23.1 Å². The monoisotopic (exact) mass is 556 g/mol. The lowest BCUT2D eigenvalue weighted by atomic mass is 9.56. The average molecular weight is 557 g/mol. The summed E-state index contributed by atoms with van der Waals surface area (Å²) in [7, 11) is 3.30. The van der Waals surface area contributed by atoms with Crippen molar-refractivity contribution >= 4 is 22.3 Å². The maximum absolute atomic E-state index is 11.8. The van der Waals surface area contributed by atoms with Gasteiger partial charge >= 0.3 is 0 Å². The van der Waals surface area contributed by atoms with Crippen LogP contribution in [0.25, 0.3) is 10.8 Å². The van der Waals surface area contributed by atoms with Crippen molar-refractivity contribution in [2.75, 3.05) is 44.6 Å². The van der Waals surface area contributed by atoms with Crippen molar-refractivity contribution in [3.63, 3.8) is 0 Å². The van der Waals surface area contributed by atoms with Crippen LogP contribution in [-0.4, -0.2) is 49.5 Å². The van der Waals surface area contributed by atoms with Crippen molar-refractivity contribution in [3.05, 3.63) is 82.4 Å². The van der Waals surface area contributed by atoms with Gasteiger partial charge in [0.2, 0.25) is 0 Å². The Hall–Kier alpha value is -4.24. The van der Waals surface area contributed by atoms with Gasteiger partial charge in [-0.15, -0.1) is 0 Å². The van der Waals surface area contributed by atoms with E-state index in [0.717, 1.165) is 77.4 Å². The summed E-state index contributed by atoms with van der Waals surface area (Å²) in [5.74, 6) is 2.98. The van der Waals surface area contributed by atoms with Crippen LogP contribution in [0, 0.1) is 12.3 Å². The average Bonchev–Trinajstić information content (AvgIpc) is 2.97. The number of methoxy groups -OCH3 is 2. The van der Waals surface area contributed by atoms with E-state index >= 15 is 0 Å². The molecule has 2 aromatic heterocycles. The second kappa shape index (κ2) is 11.0. The van der Waals surface area contributed by atoms with Crippen LogP contribution in [0.5, 0.6) is 17.2 Å². The molecule has 9 nitrogen and oxygen atoms in total. The number of pyridine rings is 2. The van der Waals surface area contributed by atoms with Gasteiger partial charge in [-0.3, -0.25) is 4.79 Å². The molecule has 0 atom stereocenters. The SMILES string of the molecule is COc1ccc(CNc2nccc3cc(NCC45CC(COc6cc(C)[nH]c(=O)c6)(CCO4)C5)ccc23)c(OC)c1. The van der Waals surface area contributed by atoms with Crippen molar-refractivity contribution < 1.29 is 18.9 Å². The van der Waals surface area contributed by atoms with Crippen molar-refractivity contribution in [1.82, 2.24) is 9.97 Å². The molecule has 41 heavy (non-hydrogen) atoms. The minimum Gasteiger partial charge on any atom is -0.497 e. The number of aromatic nitrogens is 2. The molecule has 2 saturated heterocycles. The highest BCUT2D eigenvalue weighted by Crippen LogP contribution is 2.56. The van der Waals surface area contributed by atoms with E-state index in [1.807, 2.05) is 43.5 Å². The number of ether oxygens (including phenoxy) is 4. The lowest BCUT2D eigenvalue weighted by molar-refractivity contribution is -0.225. The Kier molecular flexibility index (Phi) is 7.21. The summed E-state index contributed by atoms with van der Waals surface area (Å²) in [5.41, 5.74) is 2.63. The van der Waals surface area contributed by atoms with E-state index in [1.54, 1.807) is 14.2 Å². The molecule has 2 bridgehead atoms. The molecule has 3 fully saturated rings. The Morgan fingerprint density at radius 3 is 2.68 bits per heavy atom. The zero-order valence-corrected chi connectivity index (χ0v) is 23.7. The number of anilines is 2. The van der Waals surface area contributed by atoms with Gasteiger partial charge in [0, 0.05) is 65.8 Å². The van der Waals surface area contributed by atoms with E-state index in [1.165, 1.54) is 6.07 Å². The van der Waals surface area contributed by atoms with E-state index in [0.29, 0.717) is 18.9 Å². The van der Waals surface area contributed by atoms with Crippen molar-refractivity contribution in [2.24, 2.45) is 5.41 Å². The highest BCUT2D eigenvalue weighted by atomic mass is 16.5. The zero-order valence-electron chi connectivity index (χ0n) is 23.7. The summed E-state index contributed by atoms with van der Waals surface area (Å²) in [6.45, 7) is 4.49. The fourth-order valence-electron chi connectivity index (χ4n) is 6.27. The first-order valence-corrected chi connectivity index (χ1v) is 13.9. The molecular weight excluding hydrogens is 520 g/mol. The molecular formula is C32H36N4O5. The summed E-state index contributed by atoms with van der Waals surface area (Å²) in [4.78, 5) is 19.1. The summed E-state index contributed by atoms with van der Waals surface area (Å²) in [6.07, 6.45) is 4.67. The van der Waals surface area contributed by atoms with E-state index in [9.17, 15) is 4.79 Å². The number of nitrogens with one attached hydrogen (secondary N) is 3. The molecule has 0 unspecified atom stereocenters. The zero-order chi connectivity index (χ0) is 28.5. The molecule has 9 heteroatoms. The van der Waals surface area contributed by atoms with Crippen LogP contribution in [0.15, 0.2) is 65.6 Å². The highest BCUT2D eigenvalue weighted by Gasteiger charge is 2.58. The molecule has 0 spiro atoms. The van der Waals surface area contributed by atoms with Crippen LogP contribution in [0.1, 0.15) is 30.5 Å². The van der Waals surface area contributed by atoms with Gasteiger partial charge in [0.05, 0.1) is 26.4 Å². The lowest BCUT2D eigenvalue weighted by Crippen LogP contribution is -2.63. The van der Waals surface area contributed by atoms with Gasteiger partial charge in [-0.1, -0.05) is 0 Å². The van der Waals surface area contributed by atoms with E-state index < -0.39 is 0 Å². The third kappa shape index (κ3) is 5.67. The molecule has 2 aliphatic heterocycles. The van der Waals surface area contributed by atoms with Crippen LogP contribution in [-0.2, 0) is 11.3 Å². The Morgan fingerprint density at radius 2 is 1.88 bits per heavy atom. The van der Waals surface area contributed by atoms with Crippen LogP contribution >= 0.6 is 0 Å². The summed E-state index contributed by atoms with van der Waals surface area (Å²) >= 11 is 0. The second-order valence-electron chi connectivity index (χ2n) is 11.3. The minimum atomic E-state index is -0.191. The second-order valence-corrected chi connectivity index (χ2v) is 11.3. The van der Waals surface area contributed by atoms with Gasteiger partial charge in [-0.25, -0.2) is 4.98 Å². The number of aryl methyl sites for hydroxylation is 1. The van der Waals surface area contributed by atoms with Crippen LogP contribution in [0.2, 0.25) is 0 Å². The first-order chi connectivity index (χ1) is 19.9. The number of aromatic amines is 1. The first-order valence-electron chi connectivity index (χ1n) is 13.9. The number of hydrogen-bond acceptors (Lipinski definition) is 8. The molecule has 214 valence electrons. The summed E-state index contributed by atoms with van der Waals surface area (Å²) < 4.78 is 23.2. The molecule has 0 radical (unpaired) electrons. The number of nitrogens with zero attached hydrogens (tertiary/aromatic N) is 1. The normalized spacial score (nSPS) is 21.1. The van der Waals surface area contributed by atoms with Crippen molar-refractivity contribution in [1.29, 1.82) is 0 Å². The maximum Gasteiger partial charge on any atom is 0.251 e. The number of fused-ring (bicyclic) bond motifs is 3. The number of hydrogen-bond donors (Lipinski definition) is 3. The van der Waals surface area contributed by atoms with Crippen LogP contribution in [0.3, 0.4) is 0 Å². The fraction of sp³-hybridized carbons (Fsp3) is 0.375. The van der Waals surface area contributed by atoms with Gasteiger partial charge in [-0.05, 0) is 74.0 Å². The van der Waals surface area contributed by atoms with Gasteiger partial charge < -0.3 is 34.6 Å². The van der Waals surface area contributed by atoms with E-state index in [-0.39, 0.29) is 16.6 Å². The number of benzene rings is 2. The molecule has 4 aromatic rings. The Morgan fingerprint density at radius 1 is 1.00 bits per heavy atom. The molecule has 4 heterocycles. The quantitative estimate of drug-likeness (QED) is 0.229. The third-order valence-electron chi connectivity index (χ3n) is 8.25. The smallest absolute Gasteiger partial charge is 0.251 e. The molecule has 1 saturated carbocycles. The molecule has 3 N–H and O–H groups in total. The Balaban J connectivity index is 1.08. The molecule has 2 aromatic carbocycles. The largest absolute Gasteiger partial charge is 0.497 e. The maximum atomic E-state index is 11.8. The predicted octanol–water partition coefficient (Wildman–Crippen LogP) is 5.29. The van der Waals surface area contributed by atoms with Gasteiger partial charge in [-0.2, -0.15) is 0 Å². The highest BCUT2D eigenvalue weighted by molar-refractivity contribution is 5.93. The minimum absolute atomic E-state index is 0.0959. The summed E-state index contributed by atoms with van der Waals surface area (Å²) in [6, 6.07) is 17.6. The van der Waals surface area contributed by atoms with Crippen molar-refractivity contribution in [2.45, 2.75) is 38.3 Å². The molecule has 0 amide bonds. The van der Waals surface area contributed by atoms with E-state index in [2.05, 4.69) is 38.8 Å². The van der Waals surface area contributed by atoms with E-state index in [4.69, 9.17) is 18.9 Å². The molecule has 1 aliphatic carbocycles. The van der Waals surface area contributed by atoms with Gasteiger partial charge in [0.15, 0.2) is 0 Å². The van der Waals surface area contributed by atoms with Crippen LogP contribution < -0.4 is 30.4 Å².